The number of para-hydroxylation sites is 1. The zero-order valence-corrected chi connectivity index (χ0v) is 17.7. The van der Waals surface area contributed by atoms with Crippen molar-refractivity contribution in [2.45, 2.75) is 33.2 Å². The van der Waals surface area contributed by atoms with Gasteiger partial charge < -0.3 is 19.9 Å². The summed E-state index contributed by atoms with van der Waals surface area (Å²) in [6, 6.07) is 8.27. The molecule has 0 bridgehead atoms. The molecule has 27 heavy (non-hydrogen) atoms. The summed E-state index contributed by atoms with van der Waals surface area (Å²) < 4.78 is 0.870. The smallest absolute Gasteiger partial charge is 0.407 e. The zero-order chi connectivity index (χ0) is 19.6. The molecule has 2 aromatic rings. The number of hydrogen-bond donors (Lipinski definition) is 2. The van der Waals surface area contributed by atoms with Crippen molar-refractivity contribution in [1.82, 2.24) is 14.8 Å². The van der Waals surface area contributed by atoms with E-state index in [0.717, 1.165) is 22.0 Å². The highest BCUT2D eigenvalue weighted by Crippen LogP contribution is 2.29. The number of hydrogen-bond acceptors (Lipinski definition) is 3. The van der Waals surface area contributed by atoms with Gasteiger partial charge in [-0.2, -0.15) is 0 Å². The van der Waals surface area contributed by atoms with Crippen LogP contribution in [0, 0.1) is 5.41 Å². The Labute approximate surface area is 170 Å². The molecule has 1 unspecified atom stereocenters. The van der Waals surface area contributed by atoms with Crippen LogP contribution in [0.3, 0.4) is 0 Å². The van der Waals surface area contributed by atoms with E-state index in [9.17, 15) is 9.90 Å². The first-order valence-electron chi connectivity index (χ1n) is 9.23. The van der Waals surface area contributed by atoms with E-state index in [-0.39, 0.29) is 11.5 Å². The van der Waals surface area contributed by atoms with Gasteiger partial charge in [0.1, 0.15) is 4.32 Å². The number of nitrogens with one attached hydrogen (secondary N) is 1. The number of nitrogens with zero attached hydrogens (tertiary/aromatic N) is 2. The van der Waals surface area contributed by atoms with Crippen molar-refractivity contribution in [1.29, 1.82) is 0 Å². The Kier molecular flexibility index (Phi) is 6.01. The molecule has 1 atom stereocenters. The Morgan fingerprint density at radius 2 is 2.07 bits per heavy atom. The van der Waals surface area contributed by atoms with Crippen LogP contribution < -0.4 is 0 Å². The zero-order valence-electron chi connectivity index (χ0n) is 16.1. The van der Waals surface area contributed by atoms with Gasteiger partial charge in [0.05, 0.1) is 6.04 Å². The summed E-state index contributed by atoms with van der Waals surface area (Å²) in [5.74, 6) is 0.917. The third-order valence-electron chi connectivity index (χ3n) is 5.16. The fraction of sp³-hybridized carbons (Fsp3) is 0.500. The highest BCUT2D eigenvalue weighted by molar-refractivity contribution is 8.22. The van der Waals surface area contributed by atoms with E-state index in [4.69, 9.17) is 12.2 Å². The van der Waals surface area contributed by atoms with Gasteiger partial charge in [-0.3, -0.25) is 0 Å². The number of amides is 1. The molecule has 0 spiro atoms. The Balaban J connectivity index is 1.57. The second-order valence-corrected chi connectivity index (χ2v) is 9.76. The molecule has 0 saturated carbocycles. The van der Waals surface area contributed by atoms with Crippen LogP contribution in [0.15, 0.2) is 30.5 Å². The molecule has 1 amide bonds. The molecular weight excluding hydrogens is 378 g/mol. The minimum absolute atomic E-state index is 0.0593. The van der Waals surface area contributed by atoms with Gasteiger partial charge in [-0.1, -0.05) is 63.0 Å². The van der Waals surface area contributed by atoms with Crippen LogP contribution in [0.25, 0.3) is 10.9 Å². The molecule has 2 heterocycles. The number of thioether (sulfide) groups is 1. The van der Waals surface area contributed by atoms with Crippen molar-refractivity contribution < 1.29 is 9.90 Å². The SMILES string of the molecule is CC(C)(C)C1CN(C(=S)SCCc2c[nH]c3ccccc23)CCN1C(=O)O. The lowest BCUT2D eigenvalue weighted by Crippen LogP contribution is -2.59. The van der Waals surface area contributed by atoms with E-state index in [1.807, 2.05) is 6.07 Å². The molecule has 1 aliphatic rings. The summed E-state index contributed by atoms with van der Waals surface area (Å²) in [6.07, 6.45) is 2.19. The van der Waals surface area contributed by atoms with E-state index < -0.39 is 6.09 Å². The van der Waals surface area contributed by atoms with Crippen LogP contribution in [0.2, 0.25) is 0 Å². The van der Waals surface area contributed by atoms with Crippen molar-refractivity contribution in [3.8, 4) is 0 Å². The molecule has 1 saturated heterocycles. The molecule has 1 fully saturated rings. The largest absolute Gasteiger partial charge is 0.465 e. The number of H-pyrrole nitrogens is 1. The maximum Gasteiger partial charge on any atom is 0.407 e. The van der Waals surface area contributed by atoms with Gasteiger partial charge in [-0.15, -0.1) is 0 Å². The molecule has 0 radical (unpaired) electrons. The third-order valence-corrected chi connectivity index (χ3v) is 6.68. The van der Waals surface area contributed by atoms with Gasteiger partial charge in [0.15, 0.2) is 0 Å². The quantitative estimate of drug-likeness (QED) is 0.740. The van der Waals surface area contributed by atoms with Crippen LogP contribution in [0.4, 0.5) is 4.79 Å². The lowest BCUT2D eigenvalue weighted by molar-refractivity contribution is 0.0439. The van der Waals surface area contributed by atoms with Crippen LogP contribution in [-0.2, 0) is 6.42 Å². The monoisotopic (exact) mass is 405 g/mol. The molecule has 1 aromatic heterocycles. The number of rotatable bonds is 3. The van der Waals surface area contributed by atoms with E-state index in [2.05, 4.69) is 55.1 Å². The van der Waals surface area contributed by atoms with Gasteiger partial charge in [0.2, 0.25) is 0 Å². The molecule has 1 aliphatic heterocycles. The van der Waals surface area contributed by atoms with E-state index in [0.29, 0.717) is 19.6 Å². The van der Waals surface area contributed by atoms with Gasteiger partial charge >= 0.3 is 6.09 Å². The molecule has 2 N–H and O–H groups in total. The number of benzene rings is 1. The molecule has 3 rings (SSSR count). The number of aryl methyl sites for hydroxylation is 1. The highest BCUT2D eigenvalue weighted by Gasteiger charge is 2.38. The fourth-order valence-corrected chi connectivity index (χ4v) is 4.86. The van der Waals surface area contributed by atoms with E-state index in [1.165, 1.54) is 10.9 Å². The van der Waals surface area contributed by atoms with Gasteiger partial charge in [0, 0.05) is 42.5 Å². The number of carboxylic acid groups (broad SMARTS) is 1. The number of carbonyl (C=O) groups is 1. The summed E-state index contributed by atoms with van der Waals surface area (Å²) in [7, 11) is 0. The third kappa shape index (κ3) is 4.58. The number of aromatic amines is 1. The summed E-state index contributed by atoms with van der Waals surface area (Å²) in [6.45, 7) is 8.09. The van der Waals surface area contributed by atoms with Crippen LogP contribution in [0.5, 0.6) is 0 Å². The topological polar surface area (TPSA) is 59.6 Å². The molecule has 146 valence electrons. The first-order chi connectivity index (χ1) is 12.8. The predicted octanol–water partition coefficient (Wildman–Crippen LogP) is 4.44. The van der Waals surface area contributed by atoms with Crippen LogP contribution >= 0.6 is 24.0 Å². The number of aromatic nitrogens is 1. The Bertz CT molecular complexity index is 828. The second kappa shape index (κ2) is 8.10. The average molecular weight is 406 g/mol. The number of fused-ring (bicyclic) bond motifs is 1. The molecule has 5 nitrogen and oxygen atoms in total. The summed E-state index contributed by atoms with van der Waals surface area (Å²) in [4.78, 5) is 18.6. The lowest BCUT2D eigenvalue weighted by Gasteiger charge is -2.46. The summed E-state index contributed by atoms with van der Waals surface area (Å²) in [5, 5.41) is 10.8. The molecule has 7 heteroatoms. The van der Waals surface area contributed by atoms with Gasteiger partial charge in [0.25, 0.3) is 0 Å². The summed E-state index contributed by atoms with van der Waals surface area (Å²) >= 11 is 7.35. The average Bonchev–Trinajstić information content (AvgIpc) is 3.03. The van der Waals surface area contributed by atoms with Crippen LogP contribution in [-0.4, -0.2) is 61.7 Å². The van der Waals surface area contributed by atoms with E-state index >= 15 is 0 Å². The van der Waals surface area contributed by atoms with Gasteiger partial charge in [-0.05, 0) is 23.5 Å². The highest BCUT2D eigenvalue weighted by atomic mass is 32.2. The lowest BCUT2D eigenvalue weighted by atomic mass is 9.84. The minimum atomic E-state index is -0.840. The Hall–Kier alpha value is -1.73. The maximum atomic E-state index is 11.6. The molecular formula is C20H27N3O2S2. The van der Waals surface area contributed by atoms with Crippen molar-refractivity contribution >= 4 is 45.3 Å². The normalized spacial score (nSPS) is 18.1. The van der Waals surface area contributed by atoms with E-state index in [1.54, 1.807) is 16.7 Å². The van der Waals surface area contributed by atoms with Crippen molar-refractivity contribution in [2.75, 3.05) is 25.4 Å². The van der Waals surface area contributed by atoms with Gasteiger partial charge in [-0.25, -0.2) is 4.79 Å². The molecule has 0 aliphatic carbocycles. The first-order valence-corrected chi connectivity index (χ1v) is 10.6. The number of piperazine rings is 1. The maximum absolute atomic E-state index is 11.6. The Morgan fingerprint density at radius 3 is 2.78 bits per heavy atom. The van der Waals surface area contributed by atoms with Crippen molar-refractivity contribution in [3.05, 3.63) is 36.0 Å². The minimum Gasteiger partial charge on any atom is -0.465 e. The fourth-order valence-electron chi connectivity index (χ4n) is 3.60. The van der Waals surface area contributed by atoms with Crippen molar-refractivity contribution in [3.63, 3.8) is 0 Å². The predicted molar refractivity (Wildman–Crippen MR) is 117 cm³/mol. The standard InChI is InChI=1S/C20H27N3O2S2/c1-20(2,3)17-13-22(9-10-23(17)18(24)25)19(26)27-11-8-14-12-21-16-7-5-4-6-15(14)16/h4-7,12,17,21H,8-11,13H2,1-3H3,(H,24,25). The van der Waals surface area contributed by atoms with Crippen LogP contribution in [0.1, 0.15) is 26.3 Å². The second-order valence-electron chi connectivity index (χ2n) is 8.03. The van der Waals surface area contributed by atoms with Crippen molar-refractivity contribution in [2.24, 2.45) is 5.41 Å². The Morgan fingerprint density at radius 1 is 1.33 bits per heavy atom. The molecule has 1 aromatic carbocycles. The number of thiocarbonyl (C=S) groups is 1. The summed E-state index contributed by atoms with van der Waals surface area (Å²) in [5.41, 5.74) is 2.35. The first kappa shape index (κ1) is 20.0.